The van der Waals surface area contributed by atoms with Gasteiger partial charge in [0.1, 0.15) is 0 Å². The van der Waals surface area contributed by atoms with Gasteiger partial charge < -0.3 is 5.32 Å². The van der Waals surface area contributed by atoms with Crippen molar-refractivity contribution in [3.05, 3.63) is 87.8 Å². The van der Waals surface area contributed by atoms with Gasteiger partial charge in [-0.2, -0.15) is 0 Å². The van der Waals surface area contributed by atoms with Crippen molar-refractivity contribution < 1.29 is 4.79 Å². The second kappa shape index (κ2) is 8.79. The molecule has 0 bridgehead atoms. The lowest BCUT2D eigenvalue weighted by atomic mass is 10.00. The highest BCUT2D eigenvalue weighted by Gasteiger charge is 2.17. The Balaban J connectivity index is 1.31. The molecule has 0 spiro atoms. The lowest BCUT2D eigenvalue weighted by Gasteiger charge is -2.28. The van der Waals surface area contributed by atoms with E-state index < -0.39 is 0 Å². The number of thiophene rings is 1. The molecule has 4 nitrogen and oxygen atoms in total. The monoisotopic (exact) mass is 447 g/mol. The Morgan fingerprint density at radius 1 is 1.06 bits per heavy atom. The van der Waals surface area contributed by atoms with E-state index in [4.69, 9.17) is 16.6 Å². The zero-order valence-corrected chi connectivity index (χ0v) is 18.5. The molecule has 156 valence electrons. The van der Waals surface area contributed by atoms with Crippen LogP contribution >= 0.6 is 22.9 Å². The second-order valence-electron chi connectivity index (χ2n) is 7.73. The van der Waals surface area contributed by atoms with Crippen LogP contribution in [-0.4, -0.2) is 35.4 Å². The summed E-state index contributed by atoms with van der Waals surface area (Å²) < 4.78 is 0.707. The number of nitrogens with one attached hydrogen (secondary N) is 1. The number of aromatic nitrogens is 1. The maximum atomic E-state index is 13.1. The predicted octanol–water partition coefficient (Wildman–Crippen LogP) is 5.40. The summed E-state index contributed by atoms with van der Waals surface area (Å²) in [6.45, 7) is 3.40. The first-order valence-electron chi connectivity index (χ1n) is 10.4. The Hall–Kier alpha value is -2.73. The van der Waals surface area contributed by atoms with Crippen molar-refractivity contribution in [3.8, 4) is 10.6 Å². The van der Waals surface area contributed by atoms with Crippen molar-refractivity contribution >= 4 is 39.7 Å². The average molecular weight is 448 g/mol. The molecule has 2 aromatic heterocycles. The van der Waals surface area contributed by atoms with Crippen molar-refractivity contribution in [1.29, 1.82) is 0 Å². The largest absolute Gasteiger partial charge is 0.351 e. The number of para-hydroxylation sites is 1. The number of pyridine rings is 1. The molecule has 1 aliphatic heterocycles. The minimum atomic E-state index is -0.0695. The third kappa shape index (κ3) is 4.35. The standard InChI is InChI=1S/C25H22ClN3OS/c26-24-10-9-23(31-24)22-15-20(19-7-3-4-8-21(19)28-22)25(30)27-12-14-29-13-11-17-5-1-2-6-18(17)16-29/h1-10,15H,11-14,16H2,(H,27,30). The quantitative estimate of drug-likeness (QED) is 0.445. The highest BCUT2D eigenvalue weighted by atomic mass is 35.5. The summed E-state index contributed by atoms with van der Waals surface area (Å²) in [4.78, 5) is 21.2. The number of benzene rings is 2. The fourth-order valence-electron chi connectivity index (χ4n) is 4.11. The van der Waals surface area contributed by atoms with Gasteiger partial charge in [-0.15, -0.1) is 11.3 Å². The highest BCUT2D eigenvalue weighted by molar-refractivity contribution is 7.19. The smallest absolute Gasteiger partial charge is 0.252 e. The molecule has 0 atom stereocenters. The van der Waals surface area contributed by atoms with Crippen molar-refractivity contribution in [3.63, 3.8) is 0 Å². The molecule has 0 radical (unpaired) electrons. The van der Waals surface area contributed by atoms with Gasteiger partial charge in [-0.1, -0.05) is 54.1 Å². The van der Waals surface area contributed by atoms with E-state index in [0.29, 0.717) is 16.4 Å². The minimum Gasteiger partial charge on any atom is -0.351 e. The molecule has 5 rings (SSSR count). The number of halogens is 1. The molecule has 0 saturated heterocycles. The number of hydrogen-bond acceptors (Lipinski definition) is 4. The molecule has 2 aromatic carbocycles. The van der Waals surface area contributed by atoms with Crippen LogP contribution in [-0.2, 0) is 13.0 Å². The Morgan fingerprint density at radius 2 is 1.87 bits per heavy atom. The number of nitrogens with zero attached hydrogens (tertiary/aromatic N) is 2. The number of amides is 1. The molecular formula is C25H22ClN3OS. The molecule has 0 aliphatic carbocycles. The first-order valence-corrected chi connectivity index (χ1v) is 11.6. The maximum Gasteiger partial charge on any atom is 0.252 e. The molecule has 6 heteroatoms. The molecule has 4 aromatic rings. The molecule has 0 unspecified atom stereocenters. The lowest BCUT2D eigenvalue weighted by molar-refractivity contribution is 0.0949. The number of hydrogen-bond donors (Lipinski definition) is 1. The van der Waals surface area contributed by atoms with E-state index in [1.807, 2.05) is 42.5 Å². The second-order valence-corrected chi connectivity index (χ2v) is 9.44. The molecule has 0 fully saturated rings. The zero-order chi connectivity index (χ0) is 21.2. The summed E-state index contributed by atoms with van der Waals surface area (Å²) in [5.41, 5.74) is 5.05. The minimum absolute atomic E-state index is 0.0695. The summed E-state index contributed by atoms with van der Waals surface area (Å²) in [6, 6.07) is 22.0. The van der Waals surface area contributed by atoms with Crippen molar-refractivity contribution in [2.75, 3.05) is 19.6 Å². The van der Waals surface area contributed by atoms with E-state index in [9.17, 15) is 4.79 Å². The Kier molecular flexibility index (Phi) is 5.72. The third-order valence-electron chi connectivity index (χ3n) is 5.71. The van der Waals surface area contributed by atoms with Gasteiger partial charge >= 0.3 is 0 Å². The van der Waals surface area contributed by atoms with Gasteiger partial charge in [-0.3, -0.25) is 9.69 Å². The SMILES string of the molecule is O=C(NCCN1CCc2ccccc2C1)c1cc(-c2ccc(Cl)s2)nc2ccccc12. The molecule has 1 N–H and O–H groups in total. The Morgan fingerprint density at radius 3 is 2.71 bits per heavy atom. The molecule has 1 aliphatic rings. The van der Waals surface area contributed by atoms with Gasteiger partial charge in [0.2, 0.25) is 0 Å². The predicted molar refractivity (Wildman–Crippen MR) is 128 cm³/mol. The summed E-state index contributed by atoms with van der Waals surface area (Å²) in [5.74, 6) is -0.0695. The van der Waals surface area contributed by atoms with Crippen molar-refractivity contribution in [2.24, 2.45) is 0 Å². The van der Waals surface area contributed by atoms with Crippen LogP contribution in [0.2, 0.25) is 4.34 Å². The normalized spacial score (nSPS) is 13.8. The third-order valence-corrected chi connectivity index (χ3v) is 6.96. The first kappa shape index (κ1) is 20.2. The summed E-state index contributed by atoms with van der Waals surface area (Å²) in [6.07, 6.45) is 1.06. The van der Waals surface area contributed by atoms with Crippen LogP contribution in [0.15, 0.2) is 66.7 Å². The van der Waals surface area contributed by atoms with E-state index in [1.165, 1.54) is 22.5 Å². The van der Waals surface area contributed by atoms with Crippen LogP contribution in [0.3, 0.4) is 0 Å². The molecule has 1 amide bonds. The van der Waals surface area contributed by atoms with Crippen LogP contribution in [0.5, 0.6) is 0 Å². The van der Waals surface area contributed by atoms with Crippen LogP contribution in [0, 0.1) is 0 Å². The van der Waals surface area contributed by atoms with E-state index in [-0.39, 0.29) is 5.91 Å². The summed E-state index contributed by atoms with van der Waals surface area (Å²) >= 11 is 7.58. The maximum absolute atomic E-state index is 13.1. The number of fused-ring (bicyclic) bond motifs is 2. The zero-order valence-electron chi connectivity index (χ0n) is 17.0. The van der Waals surface area contributed by atoms with E-state index in [2.05, 4.69) is 34.5 Å². The summed E-state index contributed by atoms with van der Waals surface area (Å²) in [5, 5.41) is 3.97. The van der Waals surface area contributed by atoms with Gasteiger partial charge in [0.05, 0.1) is 26.0 Å². The number of carbonyl (C=O) groups is 1. The van der Waals surface area contributed by atoms with Gasteiger partial charge in [-0.25, -0.2) is 4.98 Å². The van der Waals surface area contributed by atoms with Crippen LogP contribution in [0.4, 0.5) is 0 Å². The van der Waals surface area contributed by atoms with Gasteiger partial charge in [-0.05, 0) is 41.8 Å². The van der Waals surface area contributed by atoms with E-state index in [1.54, 1.807) is 0 Å². The summed E-state index contributed by atoms with van der Waals surface area (Å²) in [7, 11) is 0. The van der Waals surface area contributed by atoms with Gasteiger partial charge in [0.25, 0.3) is 5.91 Å². The molecule has 0 saturated carbocycles. The fourth-order valence-corrected chi connectivity index (χ4v) is 5.11. The molecule has 3 heterocycles. The number of carbonyl (C=O) groups excluding carboxylic acids is 1. The van der Waals surface area contributed by atoms with Crippen molar-refractivity contribution in [2.45, 2.75) is 13.0 Å². The van der Waals surface area contributed by atoms with E-state index in [0.717, 1.165) is 47.5 Å². The van der Waals surface area contributed by atoms with Crippen LogP contribution in [0.25, 0.3) is 21.5 Å². The topological polar surface area (TPSA) is 45.2 Å². The number of rotatable bonds is 5. The fraction of sp³-hybridized carbons (Fsp3) is 0.200. The molecule has 31 heavy (non-hydrogen) atoms. The van der Waals surface area contributed by atoms with Crippen molar-refractivity contribution in [1.82, 2.24) is 15.2 Å². The van der Waals surface area contributed by atoms with E-state index >= 15 is 0 Å². The van der Waals surface area contributed by atoms with Crippen LogP contribution in [0.1, 0.15) is 21.5 Å². The highest BCUT2D eigenvalue weighted by Crippen LogP contribution is 2.32. The van der Waals surface area contributed by atoms with Gasteiger partial charge in [0, 0.05) is 31.6 Å². The molecular weight excluding hydrogens is 426 g/mol. The van der Waals surface area contributed by atoms with Gasteiger partial charge in [0.15, 0.2) is 0 Å². The Bertz CT molecular complexity index is 1250. The van der Waals surface area contributed by atoms with Crippen LogP contribution < -0.4 is 5.32 Å². The Labute approximate surface area is 190 Å². The first-order chi connectivity index (χ1) is 15.2. The lowest BCUT2D eigenvalue weighted by Crippen LogP contribution is -2.37. The average Bonchev–Trinajstić information content (AvgIpc) is 3.24.